The van der Waals surface area contributed by atoms with Crippen molar-refractivity contribution >= 4 is 11.9 Å². The standard InChI is InChI=1S/C12H15F3N4O/c13-12(14,15)9-5-6-17-11(19-9)18-8-4-2-1-3-7(8)10(16)20/h5-8H,1-4H2,(H2,16,20)(H,17,18,19)/t7-,8-/m1/s1. The summed E-state index contributed by atoms with van der Waals surface area (Å²) >= 11 is 0. The van der Waals surface area contributed by atoms with Gasteiger partial charge in [0.25, 0.3) is 0 Å². The van der Waals surface area contributed by atoms with Gasteiger partial charge in [-0.05, 0) is 18.9 Å². The number of nitrogens with zero attached hydrogens (tertiary/aromatic N) is 2. The molecule has 1 aromatic heterocycles. The Hall–Kier alpha value is -1.86. The zero-order valence-corrected chi connectivity index (χ0v) is 10.7. The van der Waals surface area contributed by atoms with Gasteiger partial charge in [-0.15, -0.1) is 0 Å². The number of aromatic nitrogens is 2. The van der Waals surface area contributed by atoms with Crippen LogP contribution in [0, 0.1) is 5.92 Å². The molecule has 1 saturated carbocycles. The Kier molecular flexibility index (Phi) is 4.10. The van der Waals surface area contributed by atoms with Crippen LogP contribution < -0.4 is 11.1 Å². The minimum absolute atomic E-state index is 0.127. The highest BCUT2D eigenvalue weighted by molar-refractivity contribution is 5.78. The van der Waals surface area contributed by atoms with E-state index in [9.17, 15) is 18.0 Å². The number of carbonyl (C=O) groups is 1. The number of hydrogen-bond donors (Lipinski definition) is 2. The summed E-state index contributed by atoms with van der Waals surface area (Å²) in [7, 11) is 0. The van der Waals surface area contributed by atoms with E-state index < -0.39 is 23.7 Å². The first-order chi connectivity index (χ1) is 9.38. The lowest BCUT2D eigenvalue weighted by Crippen LogP contribution is -2.41. The first-order valence-corrected chi connectivity index (χ1v) is 6.34. The summed E-state index contributed by atoms with van der Waals surface area (Å²) in [6.07, 6.45) is -0.413. The molecule has 0 bridgehead atoms. The molecule has 0 radical (unpaired) electrons. The number of nitrogens with one attached hydrogen (secondary N) is 1. The summed E-state index contributed by atoms with van der Waals surface area (Å²) in [6, 6.07) is 0.488. The van der Waals surface area contributed by atoms with E-state index in [0.717, 1.165) is 25.1 Å². The molecule has 110 valence electrons. The molecule has 2 atom stereocenters. The average molecular weight is 288 g/mol. The van der Waals surface area contributed by atoms with Crippen molar-refractivity contribution < 1.29 is 18.0 Å². The maximum absolute atomic E-state index is 12.6. The fraction of sp³-hybridized carbons (Fsp3) is 0.583. The molecule has 1 heterocycles. The molecule has 0 aromatic carbocycles. The van der Waals surface area contributed by atoms with Gasteiger partial charge in [-0.3, -0.25) is 4.79 Å². The Morgan fingerprint density at radius 2 is 2.05 bits per heavy atom. The Labute approximate surface area is 113 Å². The molecule has 5 nitrogen and oxygen atoms in total. The van der Waals surface area contributed by atoms with Crippen LogP contribution in [0.4, 0.5) is 19.1 Å². The molecule has 0 spiro atoms. The molecular weight excluding hydrogens is 273 g/mol. The number of hydrogen-bond acceptors (Lipinski definition) is 4. The molecule has 8 heteroatoms. The van der Waals surface area contributed by atoms with Crippen LogP contribution in [0.2, 0.25) is 0 Å². The van der Waals surface area contributed by atoms with Gasteiger partial charge < -0.3 is 11.1 Å². The fourth-order valence-corrected chi connectivity index (χ4v) is 2.40. The maximum atomic E-state index is 12.6. The number of anilines is 1. The maximum Gasteiger partial charge on any atom is 0.433 e. The van der Waals surface area contributed by atoms with Crippen LogP contribution in [0.3, 0.4) is 0 Å². The smallest absolute Gasteiger partial charge is 0.369 e. The normalized spacial score (nSPS) is 23.4. The molecular formula is C12H15F3N4O. The number of carbonyl (C=O) groups excluding carboxylic acids is 1. The number of nitrogens with two attached hydrogens (primary N) is 1. The molecule has 1 fully saturated rings. The number of rotatable bonds is 3. The van der Waals surface area contributed by atoms with Crippen LogP contribution >= 0.6 is 0 Å². The second-order valence-electron chi connectivity index (χ2n) is 4.81. The van der Waals surface area contributed by atoms with Gasteiger partial charge in [0.2, 0.25) is 11.9 Å². The van der Waals surface area contributed by atoms with E-state index in [4.69, 9.17) is 5.73 Å². The van der Waals surface area contributed by atoms with E-state index in [1.165, 1.54) is 0 Å². The van der Waals surface area contributed by atoms with Gasteiger partial charge in [-0.2, -0.15) is 13.2 Å². The zero-order valence-electron chi connectivity index (χ0n) is 10.7. The van der Waals surface area contributed by atoms with E-state index in [1.807, 2.05) is 0 Å². The fourth-order valence-electron chi connectivity index (χ4n) is 2.40. The van der Waals surface area contributed by atoms with Gasteiger partial charge in [0.05, 0.1) is 5.92 Å². The number of primary amides is 1. The first kappa shape index (κ1) is 14.5. The van der Waals surface area contributed by atoms with Crippen molar-refractivity contribution in [1.82, 2.24) is 9.97 Å². The van der Waals surface area contributed by atoms with E-state index >= 15 is 0 Å². The Balaban J connectivity index is 2.14. The SMILES string of the molecule is NC(=O)[C@@H]1CCCC[C@H]1Nc1nccc(C(F)(F)F)n1. The molecule has 1 aliphatic carbocycles. The monoisotopic (exact) mass is 288 g/mol. The first-order valence-electron chi connectivity index (χ1n) is 6.34. The van der Waals surface area contributed by atoms with Crippen molar-refractivity contribution in [3.63, 3.8) is 0 Å². The Morgan fingerprint density at radius 1 is 1.35 bits per heavy atom. The van der Waals surface area contributed by atoms with Crippen molar-refractivity contribution in [1.29, 1.82) is 0 Å². The molecule has 1 aromatic rings. The van der Waals surface area contributed by atoms with Gasteiger partial charge in [0.1, 0.15) is 5.69 Å². The molecule has 20 heavy (non-hydrogen) atoms. The van der Waals surface area contributed by atoms with Gasteiger partial charge in [-0.1, -0.05) is 12.8 Å². The van der Waals surface area contributed by atoms with Gasteiger partial charge in [-0.25, -0.2) is 9.97 Å². The highest BCUT2D eigenvalue weighted by atomic mass is 19.4. The second kappa shape index (κ2) is 5.64. The molecule has 3 N–H and O–H groups in total. The molecule has 1 aliphatic rings. The van der Waals surface area contributed by atoms with Crippen molar-refractivity contribution in [2.45, 2.75) is 37.9 Å². The molecule has 2 rings (SSSR count). The molecule has 1 amide bonds. The summed E-state index contributed by atoms with van der Waals surface area (Å²) in [5, 5.41) is 2.80. The summed E-state index contributed by atoms with van der Waals surface area (Å²) in [6.45, 7) is 0. The van der Waals surface area contributed by atoms with Crippen molar-refractivity contribution in [2.24, 2.45) is 11.7 Å². The summed E-state index contributed by atoms with van der Waals surface area (Å²) in [5.74, 6) is -0.978. The van der Waals surface area contributed by atoms with E-state index in [2.05, 4.69) is 15.3 Å². The predicted molar refractivity (Wildman–Crippen MR) is 65.6 cm³/mol. The van der Waals surface area contributed by atoms with E-state index in [1.54, 1.807) is 0 Å². The zero-order chi connectivity index (χ0) is 14.8. The van der Waals surface area contributed by atoms with Gasteiger partial charge in [0.15, 0.2) is 0 Å². The highest BCUT2D eigenvalue weighted by Gasteiger charge is 2.34. The van der Waals surface area contributed by atoms with Crippen LogP contribution in [0.1, 0.15) is 31.4 Å². The average Bonchev–Trinajstić information content (AvgIpc) is 2.38. The molecule has 0 saturated heterocycles. The topological polar surface area (TPSA) is 80.9 Å². The lowest BCUT2D eigenvalue weighted by Gasteiger charge is -2.29. The highest BCUT2D eigenvalue weighted by Crippen LogP contribution is 2.29. The lowest BCUT2D eigenvalue weighted by atomic mass is 9.84. The third-order valence-corrected chi connectivity index (χ3v) is 3.39. The quantitative estimate of drug-likeness (QED) is 0.890. The minimum atomic E-state index is -4.52. The lowest BCUT2D eigenvalue weighted by molar-refractivity contribution is -0.141. The van der Waals surface area contributed by atoms with Crippen LogP contribution in [0.25, 0.3) is 0 Å². The van der Waals surface area contributed by atoms with E-state index in [-0.39, 0.29) is 12.0 Å². The minimum Gasteiger partial charge on any atom is -0.369 e. The predicted octanol–water partition coefficient (Wildman–Crippen LogP) is 1.95. The Bertz CT molecular complexity index is 492. The van der Waals surface area contributed by atoms with Crippen LogP contribution in [0.15, 0.2) is 12.3 Å². The van der Waals surface area contributed by atoms with Gasteiger partial charge >= 0.3 is 6.18 Å². The van der Waals surface area contributed by atoms with Gasteiger partial charge in [0, 0.05) is 12.2 Å². The summed E-state index contributed by atoms with van der Waals surface area (Å²) < 4.78 is 37.7. The number of alkyl halides is 3. The Morgan fingerprint density at radius 3 is 2.70 bits per heavy atom. The van der Waals surface area contributed by atoms with Crippen molar-refractivity contribution in [3.05, 3.63) is 18.0 Å². The van der Waals surface area contributed by atoms with Crippen LogP contribution in [-0.2, 0) is 11.0 Å². The number of halogens is 3. The van der Waals surface area contributed by atoms with Crippen LogP contribution in [-0.4, -0.2) is 21.9 Å². The van der Waals surface area contributed by atoms with Crippen molar-refractivity contribution in [3.8, 4) is 0 Å². The largest absolute Gasteiger partial charge is 0.433 e. The van der Waals surface area contributed by atoms with Crippen LogP contribution in [0.5, 0.6) is 0 Å². The summed E-state index contributed by atoms with van der Waals surface area (Å²) in [4.78, 5) is 18.5. The number of amides is 1. The second-order valence-corrected chi connectivity index (χ2v) is 4.81. The molecule has 0 aliphatic heterocycles. The molecule has 0 unspecified atom stereocenters. The van der Waals surface area contributed by atoms with Crippen molar-refractivity contribution in [2.75, 3.05) is 5.32 Å². The third-order valence-electron chi connectivity index (χ3n) is 3.39. The third kappa shape index (κ3) is 3.37. The summed E-state index contributed by atoms with van der Waals surface area (Å²) in [5.41, 5.74) is 4.30. The van der Waals surface area contributed by atoms with E-state index in [0.29, 0.717) is 12.8 Å².